The first kappa shape index (κ1) is 25.5. The lowest BCUT2D eigenvalue weighted by molar-refractivity contribution is 0.126. The van der Waals surface area contributed by atoms with Crippen molar-refractivity contribution in [3.8, 4) is 0 Å². The molecule has 194 valence electrons. The Hall–Kier alpha value is -3.14. The molecule has 0 aliphatic heterocycles. The molecular weight excluding hydrogens is 484 g/mol. The summed E-state index contributed by atoms with van der Waals surface area (Å²) >= 11 is 1.59. The molecule has 3 heterocycles. The minimum Gasteiger partial charge on any atom is -0.396 e. The number of nitrogens with zero attached hydrogens (tertiary/aromatic N) is 5. The van der Waals surface area contributed by atoms with Gasteiger partial charge in [0.15, 0.2) is 0 Å². The molecule has 0 spiro atoms. The third-order valence-electron chi connectivity index (χ3n) is 6.75. The van der Waals surface area contributed by atoms with Crippen LogP contribution < -0.4 is 10.2 Å². The maximum absolute atomic E-state index is 9.87. The maximum atomic E-state index is 9.87. The van der Waals surface area contributed by atoms with Crippen LogP contribution in [0.4, 0.5) is 11.8 Å². The summed E-state index contributed by atoms with van der Waals surface area (Å²) in [5.41, 5.74) is 4.00. The van der Waals surface area contributed by atoms with E-state index in [1.807, 2.05) is 37.4 Å². The third kappa shape index (κ3) is 6.80. The molecule has 0 atom stereocenters. The van der Waals surface area contributed by atoms with E-state index in [4.69, 9.17) is 25.0 Å². The summed E-state index contributed by atoms with van der Waals surface area (Å²) in [5.74, 6) is 1.53. The Morgan fingerprint density at radius 3 is 2.46 bits per heavy atom. The number of nitrogens with one attached hydrogen (secondary N) is 1. The van der Waals surface area contributed by atoms with Gasteiger partial charge in [-0.2, -0.15) is 0 Å². The molecule has 37 heavy (non-hydrogen) atoms. The van der Waals surface area contributed by atoms with Gasteiger partial charge in [0.2, 0.25) is 5.95 Å². The second-order valence-electron chi connectivity index (χ2n) is 9.76. The average Bonchev–Trinajstić information content (AvgIpc) is 3.30. The molecule has 4 aromatic rings. The van der Waals surface area contributed by atoms with Crippen molar-refractivity contribution in [3.63, 3.8) is 0 Å². The van der Waals surface area contributed by atoms with Crippen LogP contribution in [0.5, 0.6) is 0 Å². The highest BCUT2D eigenvalue weighted by molar-refractivity contribution is 7.18. The standard InChI is InChI=1S/C28H34N6O2S/c1-34(14-5-15-35)25-13-12-24-27(33-25)37-26(32-24)18-22-17-21(16-19-6-3-2-4-7-19)30-28(31-22)29-20-8-10-23(36)11-9-20/h2-4,6-7,12-13,17,20,23,35-36H,5,8-11,14-16,18H2,1H3,(H,29,30,31). The Morgan fingerprint density at radius 1 is 0.946 bits per heavy atom. The van der Waals surface area contributed by atoms with E-state index in [0.29, 0.717) is 18.8 Å². The molecule has 0 radical (unpaired) electrons. The number of aliphatic hydroxyl groups excluding tert-OH is 2. The number of fused-ring (bicyclic) bond motifs is 1. The first-order valence-electron chi connectivity index (χ1n) is 13.0. The normalized spacial score (nSPS) is 17.7. The van der Waals surface area contributed by atoms with Gasteiger partial charge in [-0.05, 0) is 55.9 Å². The van der Waals surface area contributed by atoms with Crippen LogP contribution >= 0.6 is 11.3 Å². The van der Waals surface area contributed by atoms with Crippen molar-refractivity contribution in [3.05, 3.63) is 70.5 Å². The minimum absolute atomic E-state index is 0.169. The van der Waals surface area contributed by atoms with Crippen molar-refractivity contribution < 1.29 is 10.2 Å². The predicted molar refractivity (Wildman–Crippen MR) is 148 cm³/mol. The van der Waals surface area contributed by atoms with E-state index in [1.54, 1.807) is 11.3 Å². The Morgan fingerprint density at radius 2 is 1.70 bits per heavy atom. The fraction of sp³-hybridized carbons (Fsp3) is 0.429. The van der Waals surface area contributed by atoms with Crippen LogP contribution in [-0.2, 0) is 12.8 Å². The summed E-state index contributed by atoms with van der Waals surface area (Å²) in [5, 5.41) is 23.5. The Balaban J connectivity index is 1.38. The number of anilines is 2. The molecule has 8 nitrogen and oxygen atoms in total. The molecule has 1 saturated carbocycles. The molecule has 9 heteroatoms. The van der Waals surface area contributed by atoms with Gasteiger partial charge in [0.25, 0.3) is 0 Å². The molecule has 1 fully saturated rings. The molecule has 5 rings (SSSR count). The van der Waals surface area contributed by atoms with Gasteiger partial charge in [0.1, 0.15) is 21.2 Å². The van der Waals surface area contributed by atoms with E-state index in [2.05, 4.69) is 28.4 Å². The highest BCUT2D eigenvalue weighted by atomic mass is 32.1. The zero-order valence-corrected chi connectivity index (χ0v) is 22.0. The van der Waals surface area contributed by atoms with E-state index in [0.717, 1.165) is 71.2 Å². The Kier molecular flexibility index (Phi) is 8.23. The van der Waals surface area contributed by atoms with Crippen LogP contribution in [0.3, 0.4) is 0 Å². The van der Waals surface area contributed by atoms with Crippen LogP contribution in [-0.4, -0.2) is 62.5 Å². The second kappa shape index (κ2) is 11.9. The van der Waals surface area contributed by atoms with Crippen molar-refractivity contribution in [1.82, 2.24) is 19.9 Å². The smallest absolute Gasteiger partial charge is 0.223 e. The number of thiazole rings is 1. The van der Waals surface area contributed by atoms with Crippen molar-refractivity contribution >= 4 is 33.5 Å². The van der Waals surface area contributed by atoms with E-state index in [9.17, 15) is 5.11 Å². The Labute approximate surface area is 221 Å². The largest absolute Gasteiger partial charge is 0.396 e. The summed E-state index contributed by atoms with van der Waals surface area (Å²) in [6.45, 7) is 0.920. The number of rotatable bonds is 10. The molecule has 0 saturated heterocycles. The quantitative estimate of drug-likeness (QED) is 0.287. The van der Waals surface area contributed by atoms with E-state index >= 15 is 0 Å². The number of benzene rings is 1. The fourth-order valence-corrected chi connectivity index (χ4v) is 5.67. The molecule has 3 aromatic heterocycles. The van der Waals surface area contributed by atoms with E-state index in [-0.39, 0.29) is 18.8 Å². The monoisotopic (exact) mass is 518 g/mol. The van der Waals surface area contributed by atoms with E-state index < -0.39 is 0 Å². The van der Waals surface area contributed by atoms with Crippen LogP contribution in [0.25, 0.3) is 10.3 Å². The summed E-state index contributed by atoms with van der Waals surface area (Å²) < 4.78 is 0. The van der Waals surface area contributed by atoms with Gasteiger partial charge >= 0.3 is 0 Å². The molecule has 0 amide bonds. The molecule has 0 bridgehead atoms. The molecule has 1 aliphatic rings. The summed E-state index contributed by atoms with van der Waals surface area (Å²) in [6.07, 6.45) is 5.32. The number of pyridine rings is 1. The van der Waals surface area contributed by atoms with Gasteiger partial charge in [-0.15, -0.1) is 0 Å². The van der Waals surface area contributed by atoms with Crippen molar-refractivity contribution in [1.29, 1.82) is 0 Å². The fourth-order valence-electron chi connectivity index (χ4n) is 4.73. The van der Waals surface area contributed by atoms with Crippen LogP contribution in [0, 0.1) is 0 Å². The van der Waals surface area contributed by atoms with Gasteiger partial charge in [-0.3, -0.25) is 0 Å². The third-order valence-corrected chi connectivity index (χ3v) is 7.72. The number of hydrogen-bond acceptors (Lipinski definition) is 9. The number of aliphatic hydroxyl groups is 2. The maximum Gasteiger partial charge on any atom is 0.223 e. The molecule has 3 N–H and O–H groups in total. The highest BCUT2D eigenvalue weighted by Crippen LogP contribution is 2.26. The predicted octanol–water partition coefficient (Wildman–Crippen LogP) is 4.20. The molecular formula is C28H34N6O2S. The van der Waals surface area contributed by atoms with Gasteiger partial charge in [0, 0.05) is 39.1 Å². The summed E-state index contributed by atoms with van der Waals surface area (Å²) in [7, 11) is 1.99. The lowest BCUT2D eigenvalue weighted by atomic mass is 9.93. The van der Waals surface area contributed by atoms with Crippen LogP contribution in [0.2, 0.25) is 0 Å². The highest BCUT2D eigenvalue weighted by Gasteiger charge is 2.20. The summed E-state index contributed by atoms with van der Waals surface area (Å²) in [6, 6.07) is 16.7. The molecule has 0 unspecified atom stereocenters. The van der Waals surface area contributed by atoms with Crippen molar-refractivity contribution in [2.24, 2.45) is 0 Å². The number of hydrogen-bond donors (Lipinski definition) is 3. The zero-order chi connectivity index (χ0) is 25.6. The second-order valence-corrected chi connectivity index (χ2v) is 10.8. The summed E-state index contributed by atoms with van der Waals surface area (Å²) in [4.78, 5) is 22.3. The SMILES string of the molecule is CN(CCCO)c1ccc2nc(Cc3cc(Cc4ccccc4)nc(NC4CCC(O)CC4)n3)sc2n1. The van der Waals surface area contributed by atoms with Crippen molar-refractivity contribution in [2.45, 2.75) is 57.1 Å². The first-order valence-corrected chi connectivity index (χ1v) is 13.8. The van der Waals surface area contributed by atoms with Gasteiger partial charge in [-0.25, -0.2) is 19.9 Å². The zero-order valence-electron chi connectivity index (χ0n) is 21.2. The van der Waals surface area contributed by atoms with Crippen molar-refractivity contribution in [2.75, 3.05) is 30.4 Å². The van der Waals surface area contributed by atoms with Gasteiger partial charge < -0.3 is 20.4 Å². The lowest BCUT2D eigenvalue weighted by Crippen LogP contribution is -2.29. The number of aromatic nitrogens is 4. The minimum atomic E-state index is -0.193. The van der Waals surface area contributed by atoms with Gasteiger partial charge in [0.05, 0.1) is 17.5 Å². The lowest BCUT2D eigenvalue weighted by Gasteiger charge is -2.26. The first-order chi connectivity index (χ1) is 18.1. The van der Waals surface area contributed by atoms with Crippen LogP contribution in [0.1, 0.15) is 54.1 Å². The Bertz CT molecular complexity index is 1310. The average molecular weight is 519 g/mol. The molecule has 1 aliphatic carbocycles. The van der Waals surface area contributed by atoms with Crippen LogP contribution in [0.15, 0.2) is 48.5 Å². The molecule has 1 aromatic carbocycles. The topological polar surface area (TPSA) is 107 Å². The van der Waals surface area contributed by atoms with Gasteiger partial charge in [-0.1, -0.05) is 41.7 Å². The van der Waals surface area contributed by atoms with E-state index in [1.165, 1.54) is 5.56 Å².